The molecule has 1 atom stereocenters. The van der Waals surface area contributed by atoms with Gasteiger partial charge in [0.1, 0.15) is 5.75 Å². The van der Waals surface area contributed by atoms with Crippen molar-refractivity contribution in [1.29, 1.82) is 5.26 Å². The zero-order chi connectivity index (χ0) is 19.8. The summed E-state index contributed by atoms with van der Waals surface area (Å²) < 4.78 is 5.19. The van der Waals surface area contributed by atoms with Gasteiger partial charge in [0.25, 0.3) is 11.8 Å². The minimum atomic E-state index is -0.271. The molecule has 0 saturated carbocycles. The normalized spacial score (nSPS) is 11.2. The maximum atomic E-state index is 12.2. The maximum Gasteiger partial charge on any atom is 0.279 e. The molecule has 0 spiro atoms. The monoisotopic (exact) mass is 387 g/mol. The summed E-state index contributed by atoms with van der Waals surface area (Å²) in [5, 5.41) is 14.8. The van der Waals surface area contributed by atoms with E-state index in [1.54, 1.807) is 49.5 Å². The van der Waals surface area contributed by atoms with Gasteiger partial charge >= 0.3 is 0 Å². The Labute approximate surface area is 162 Å². The smallest absolute Gasteiger partial charge is 0.279 e. The highest BCUT2D eigenvalue weighted by Gasteiger charge is 2.16. The van der Waals surface area contributed by atoms with E-state index in [0.29, 0.717) is 32.6 Å². The van der Waals surface area contributed by atoms with Crippen molar-refractivity contribution in [2.45, 2.75) is 0 Å². The Bertz CT molecular complexity index is 879. The maximum absolute atomic E-state index is 12.2. The van der Waals surface area contributed by atoms with Crippen LogP contribution in [0.25, 0.3) is 0 Å². The number of halogens is 1. The van der Waals surface area contributed by atoms with Gasteiger partial charge in [0, 0.05) is 10.7 Å². The number of hydrogen-bond acceptors (Lipinski definition) is 4. The van der Waals surface area contributed by atoms with E-state index in [9.17, 15) is 9.59 Å². The predicted octanol–water partition coefficient (Wildman–Crippen LogP) is 1.31. The zero-order valence-corrected chi connectivity index (χ0v) is 15.8. The van der Waals surface area contributed by atoms with Crippen molar-refractivity contribution in [3.63, 3.8) is 0 Å². The van der Waals surface area contributed by atoms with Gasteiger partial charge in [-0.1, -0.05) is 17.7 Å². The fraction of sp³-hybridized carbons (Fsp3) is 0.211. The molecule has 0 heterocycles. The second-order valence-corrected chi connectivity index (χ2v) is 6.38. The van der Waals surface area contributed by atoms with E-state index in [2.05, 4.69) is 10.6 Å². The summed E-state index contributed by atoms with van der Waals surface area (Å²) in [5.74, 6) is -0.0245. The molecule has 2 aromatic carbocycles. The zero-order valence-electron chi connectivity index (χ0n) is 15.0. The van der Waals surface area contributed by atoms with Gasteiger partial charge in [0.15, 0.2) is 13.1 Å². The summed E-state index contributed by atoms with van der Waals surface area (Å²) in [5.41, 5.74) is 1.48. The number of quaternary nitrogens is 1. The number of rotatable bonds is 7. The van der Waals surface area contributed by atoms with Gasteiger partial charge in [-0.05, 0) is 36.4 Å². The molecule has 1 unspecified atom stereocenters. The molecule has 140 valence electrons. The molecule has 2 aromatic rings. The quantitative estimate of drug-likeness (QED) is 0.667. The second kappa shape index (κ2) is 9.57. The number of anilines is 2. The first-order valence-corrected chi connectivity index (χ1v) is 8.53. The molecule has 0 bridgehead atoms. The van der Waals surface area contributed by atoms with Crippen LogP contribution in [0.2, 0.25) is 5.02 Å². The van der Waals surface area contributed by atoms with Crippen LogP contribution in [-0.2, 0) is 9.59 Å². The first-order chi connectivity index (χ1) is 12.9. The molecular formula is C19H20ClN4O3+. The van der Waals surface area contributed by atoms with Gasteiger partial charge in [0.05, 0.1) is 31.5 Å². The number of ether oxygens (including phenoxy) is 1. The third kappa shape index (κ3) is 6.29. The summed E-state index contributed by atoms with van der Waals surface area (Å²) in [6.45, 7) is 0.179. The van der Waals surface area contributed by atoms with Gasteiger partial charge in [-0.2, -0.15) is 5.26 Å². The van der Waals surface area contributed by atoms with E-state index in [0.717, 1.165) is 0 Å². The SMILES string of the molecule is COc1ccc(Cl)cc1NC(=O)C[NH+](C)CC(=O)Nc1cccc(C#N)c1. The van der Waals surface area contributed by atoms with Crippen LogP contribution in [0, 0.1) is 11.3 Å². The van der Waals surface area contributed by atoms with Crippen LogP contribution >= 0.6 is 11.6 Å². The average molecular weight is 388 g/mol. The number of methoxy groups -OCH3 is 1. The fourth-order valence-electron chi connectivity index (χ4n) is 2.45. The first-order valence-electron chi connectivity index (χ1n) is 8.16. The molecule has 0 radical (unpaired) electrons. The van der Waals surface area contributed by atoms with Gasteiger partial charge in [0.2, 0.25) is 0 Å². The van der Waals surface area contributed by atoms with Crippen molar-refractivity contribution >= 4 is 34.8 Å². The van der Waals surface area contributed by atoms with Crippen LogP contribution in [0.1, 0.15) is 5.56 Å². The van der Waals surface area contributed by atoms with Crippen LogP contribution < -0.4 is 20.3 Å². The molecule has 0 aromatic heterocycles. The minimum absolute atomic E-state index is 0.0846. The minimum Gasteiger partial charge on any atom is -0.495 e. The molecular weight excluding hydrogens is 368 g/mol. The largest absolute Gasteiger partial charge is 0.495 e. The Balaban J connectivity index is 1.88. The summed E-state index contributed by atoms with van der Waals surface area (Å²) >= 11 is 5.95. The lowest BCUT2D eigenvalue weighted by molar-refractivity contribution is -0.862. The first kappa shape index (κ1) is 20.2. The Hall–Kier alpha value is -3.08. The number of carbonyl (C=O) groups is 2. The molecule has 0 saturated heterocycles. The highest BCUT2D eigenvalue weighted by molar-refractivity contribution is 6.31. The summed E-state index contributed by atoms with van der Waals surface area (Å²) in [6.07, 6.45) is 0. The Morgan fingerprint density at radius 1 is 1.15 bits per heavy atom. The molecule has 2 rings (SSSR count). The number of nitrogens with zero attached hydrogens (tertiary/aromatic N) is 1. The molecule has 2 amide bonds. The lowest BCUT2D eigenvalue weighted by Gasteiger charge is -2.15. The second-order valence-electron chi connectivity index (χ2n) is 5.94. The number of nitrogens with one attached hydrogen (secondary N) is 3. The van der Waals surface area contributed by atoms with E-state index in [4.69, 9.17) is 21.6 Å². The Morgan fingerprint density at radius 2 is 1.85 bits per heavy atom. The number of hydrogen-bond donors (Lipinski definition) is 3. The van der Waals surface area contributed by atoms with Crippen molar-refractivity contribution in [1.82, 2.24) is 0 Å². The lowest BCUT2D eigenvalue weighted by atomic mass is 10.2. The van der Waals surface area contributed by atoms with E-state index >= 15 is 0 Å². The number of carbonyl (C=O) groups excluding carboxylic acids is 2. The number of nitriles is 1. The number of amides is 2. The molecule has 0 aliphatic rings. The van der Waals surface area contributed by atoms with E-state index in [1.165, 1.54) is 7.11 Å². The summed E-state index contributed by atoms with van der Waals surface area (Å²) in [6, 6.07) is 13.6. The van der Waals surface area contributed by atoms with E-state index < -0.39 is 0 Å². The number of likely N-dealkylation sites (N-methyl/N-ethyl adjacent to an activating group) is 1. The third-order valence-corrected chi connectivity index (χ3v) is 3.87. The Morgan fingerprint density at radius 3 is 2.52 bits per heavy atom. The lowest BCUT2D eigenvalue weighted by Crippen LogP contribution is -3.11. The van der Waals surface area contributed by atoms with Crippen molar-refractivity contribution in [3.8, 4) is 11.8 Å². The molecule has 3 N–H and O–H groups in total. The van der Waals surface area contributed by atoms with Gasteiger partial charge < -0.3 is 20.3 Å². The van der Waals surface area contributed by atoms with Crippen molar-refractivity contribution in [2.75, 3.05) is 37.9 Å². The van der Waals surface area contributed by atoms with Crippen LogP contribution in [0.4, 0.5) is 11.4 Å². The van der Waals surface area contributed by atoms with Crippen LogP contribution in [0.5, 0.6) is 5.75 Å². The Kier molecular flexibility index (Phi) is 7.17. The highest BCUT2D eigenvalue weighted by Crippen LogP contribution is 2.27. The molecule has 0 aliphatic heterocycles. The predicted molar refractivity (Wildman–Crippen MR) is 103 cm³/mol. The summed E-state index contributed by atoms with van der Waals surface area (Å²) in [4.78, 5) is 25.0. The van der Waals surface area contributed by atoms with Crippen LogP contribution in [0.3, 0.4) is 0 Å². The molecule has 7 nitrogen and oxygen atoms in total. The standard InChI is InChI=1S/C19H19ClN4O3/c1-24(11-18(25)22-15-5-3-4-13(8-15)10-21)12-19(26)23-16-9-14(20)6-7-17(16)27-2/h3-9H,11-12H2,1-2H3,(H,22,25)(H,23,26)/p+1. The van der Waals surface area contributed by atoms with Crippen LogP contribution in [-0.4, -0.2) is 39.1 Å². The molecule has 0 fully saturated rings. The molecule has 27 heavy (non-hydrogen) atoms. The fourth-order valence-corrected chi connectivity index (χ4v) is 2.63. The third-order valence-electron chi connectivity index (χ3n) is 3.64. The molecule has 8 heteroatoms. The van der Waals surface area contributed by atoms with Crippen LogP contribution in [0.15, 0.2) is 42.5 Å². The summed E-state index contributed by atoms with van der Waals surface area (Å²) in [7, 11) is 3.24. The van der Waals surface area contributed by atoms with Crippen molar-refractivity contribution in [3.05, 3.63) is 53.1 Å². The van der Waals surface area contributed by atoms with E-state index in [1.807, 2.05) is 6.07 Å². The average Bonchev–Trinajstić information content (AvgIpc) is 2.61. The van der Waals surface area contributed by atoms with Gasteiger partial charge in [-0.25, -0.2) is 0 Å². The van der Waals surface area contributed by atoms with Crippen molar-refractivity contribution in [2.24, 2.45) is 0 Å². The van der Waals surface area contributed by atoms with Crippen molar-refractivity contribution < 1.29 is 19.2 Å². The molecule has 0 aliphatic carbocycles. The topological polar surface area (TPSA) is 95.7 Å². The van der Waals surface area contributed by atoms with Gasteiger partial charge in [-0.3, -0.25) is 9.59 Å². The number of benzene rings is 2. The highest BCUT2D eigenvalue weighted by atomic mass is 35.5. The van der Waals surface area contributed by atoms with Gasteiger partial charge in [-0.15, -0.1) is 0 Å². The van der Waals surface area contributed by atoms with E-state index in [-0.39, 0.29) is 24.9 Å².